The van der Waals surface area contributed by atoms with Crippen LogP contribution in [0.4, 0.5) is 17.6 Å². The average Bonchev–Trinajstić information content (AvgIpc) is 2.71. The van der Waals surface area contributed by atoms with Gasteiger partial charge in [-0.1, -0.05) is 36.4 Å². The molecule has 3 aromatic rings. The van der Waals surface area contributed by atoms with Crippen LogP contribution in [0, 0.1) is 5.82 Å². The van der Waals surface area contributed by atoms with Crippen LogP contribution in [-0.2, 0) is 10.1 Å². The molecule has 158 valence electrons. The first-order valence-corrected chi connectivity index (χ1v) is 10.0. The topological polar surface area (TPSA) is 77.5 Å². The minimum atomic E-state index is -6.03. The Kier molecular flexibility index (Phi) is 4.69. The van der Waals surface area contributed by atoms with Crippen molar-refractivity contribution in [3.8, 4) is 16.9 Å². The van der Waals surface area contributed by atoms with E-state index < -0.39 is 38.8 Å². The minimum absolute atomic E-state index is 0.0147. The van der Waals surface area contributed by atoms with Crippen molar-refractivity contribution in [2.45, 2.75) is 5.51 Å². The summed E-state index contributed by atoms with van der Waals surface area (Å²) in [5.41, 5.74) is -5.97. The van der Waals surface area contributed by atoms with E-state index in [9.17, 15) is 35.6 Å². The van der Waals surface area contributed by atoms with Crippen molar-refractivity contribution in [3.63, 3.8) is 0 Å². The van der Waals surface area contributed by atoms with Gasteiger partial charge < -0.3 is 4.18 Å². The van der Waals surface area contributed by atoms with Gasteiger partial charge in [0.1, 0.15) is 11.6 Å². The van der Waals surface area contributed by atoms with E-state index in [1.54, 1.807) is 6.07 Å². The van der Waals surface area contributed by atoms with Crippen molar-refractivity contribution in [1.29, 1.82) is 0 Å². The fourth-order valence-corrected chi connectivity index (χ4v) is 3.72. The van der Waals surface area contributed by atoms with Crippen LogP contribution in [0.1, 0.15) is 31.8 Å². The van der Waals surface area contributed by atoms with E-state index in [-0.39, 0.29) is 33.4 Å². The van der Waals surface area contributed by atoms with Crippen LogP contribution in [0.5, 0.6) is 5.75 Å². The van der Waals surface area contributed by atoms with Crippen LogP contribution in [0.2, 0.25) is 0 Å². The summed E-state index contributed by atoms with van der Waals surface area (Å²) in [7, 11) is -6.03. The van der Waals surface area contributed by atoms with Gasteiger partial charge in [0.15, 0.2) is 11.6 Å². The Balaban J connectivity index is 1.98. The zero-order valence-electron chi connectivity index (χ0n) is 15.2. The smallest absolute Gasteiger partial charge is 0.376 e. The van der Waals surface area contributed by atoms with Gasteiger partial charge in [-0.25, -0.2) is 4.39 Å². The van der Waals surface area contributed by atoms with Crippen LogP contribution in [-0.4, -0.2) is 25.5 Å². The Labute approximate surface area is 173 Å². The number of hydrogen-bond donors (Lipinski definition) is 0. The van der Waals surface area contributed by atoms with E-state index in [4.69, 9.17) is 0 Å². The highest BCUT2D eigenvalue weighted by Crippen LogP contribution is 2.39. The highest BCUT2D eigenvalue weighted by molar-refractivity contribution is 7.88. The zero-order valence-corrected chi connectivity index (χ0v) is 16.1. The van der Waals surface area contributed by atoms with Gasteiger partial charge in [0.25, 0.3) is 0 Å². The molecule has 0 N–H and O–H groups in total. The predicted molar refractivity (Wildman–Crippen MR) is 101 cm³/mol. The second-order valence-electron chi connectivity index (χ2n) is 6.59. The standard InChI is InChI=1S/C21H10F4O5S/c22-12-7-5-11(6-8-12)16-9-13(30-31(28,29)21(23,24)25)10-17-18(16)20(27)15-4-2-1-3-14(15)19(17)26/h1-10H. The number of alkyl halides is 3. The van der Waals surface area contributed by atoms with E-state index in [1.807, 2.05) is 0 Å². The molecule has 0 aliphatic heterocycles. The molecule has 0 bridgehead atoms. The highest BCUT2D eigenvalue weighted by Gasteiger charge is 2.49. The van der Waals surface area contributed by atoms with E-state index in [2.05, 4.69) is 4.18 Å². The molecule has 0 spiro atoms. The molecule has 0 atom stereocenters. The molecule has 10 heteroatoms. The van der Waals surface area contributed by atoms with Crippen LogP contribution < -0.4 is 4.18 Å². The maximum atomic E-state index is 13.4. The summed E-state index contributed by atoms with van der Waals surface area (Å²) in [5.74, 6) is -2.70. The molecule has 4 rings (SSSR count). The van der Waals surface area contributed by atoms with Crippen LogP contribution in [0.25, 0.3) is 11.1 Å². The lowest BCUT2D eigenvalue weighted by molar-refractivity contribution is -0.0500. The van der Waals surface area contributed by atoms with Gasteiger partial charge >= 0.3 is 15.6 Å². The molecule has 1 aliphatic rings. The molecule has 0 saturated heterocycles. The normalized spacial score (nSPS) is 13.5. The van der Waals surface area contributed by atoms with E-state index >= 15 is 0 Å². The molecule has 0 aromatic heterocycles. The van der Waals surface area contributed by atoms with Gasteiger partial charge in [0.05, 0.1) is 0 Å². The van der Waals surface area contributed by atoms with Gasteiger partial charge in [-0.3, -0.25) is 9.59 Å². The number of ketones is 2. The number of halogens is 4. The summed E-state index contributed by atoms with van der Waals surface area (Å²) < 4.78 is 78.9. The minimum Gasteiger partial charge on any atom is -0.376 e. The van der Waals surface area contributed by atoms with E-state index in [1.165, 1.54) is 30.3 Å². The first-order chi connectivity index (χ1) is 14.5. The quantitative estimate of drug-likeness (QED) is 0.261. The number of carbonyl (C=O) groups is 2. The number of fused-ring (bicyclic) bond motifs is 2. The summed E-state index contributed by atoms with van der Waals surface area (Å²) in [6, 6.07) is 12.1. The molecule has 0 radical (unpaired) electrons. The zero-order chi connectivity index (χ0) is 22.6. The lowest BCUT2D eigenvalue weighted by Gasteiger charge is -2.21. The van der Waals surface area contributed by atoms with Crippen molar-refractivity contribution in [2.75, 3.05) is 0 Å². The molecule has 0 saturated carbocycles. The van der Waals surface area contributed by atoms with Gasteiger partial charge in [-0.05, 0) is 35.4 Å². The van der Waals surface area contributed by atoms with Crippen molar-refractivity contribution in [1.82, 2.24) is 0 Å². The molecular formula is C21H10F4O5S. The monoisotopic (exact) mass is 450 g/mol. The van der Waals surface area contributed by atoms with Crippen molar-refractivity contribution >= 4 is 21.7 Å². The first kappa shape index (κ1) is 20.7. The van der Waals surface area contributed by atoms with Crippen LogP contribution >= 0.6 is 0 Å². The second-order valence-corrected chi connectivity index (χ2v) is 8.13. The molecule has 5 nitrogen and oxygen atoms in total. The molecule has 0 unspecified atom stereocenters. The van der Waals surface area contributed by atoms with Crippen LogP contribution in [0.3, 0.4) is 0 Å². The Hall–Kier alpha value is -3.53. The maximum Gasteiger partial charge on any atom is 0.534 e. The first-order valence-electron chi connectivity index (χ1n) is 8.63. The molecule has 3 aromatic carbocycles. The summed E-state index contributed by atoms with van der Waals surface area (Å²) in [6.45, 7) is 0. The third-order valence-electron chi connectivity index (χ3n) is 4.64. The lowest BCUT2D eigenvalue weighted by atomic mass is 9.80. The molecule has 0 fully saturated rings. The van der Waals surface area contributed by atoms with Crippen molar-refractivity contribution < 1.29 is 39.8 Å². The largest absolute Gasteiger partial charge is 0.534 e. The van der Waals surface area contributed by atoms with E-state index in [0.717, 1.165) is 24.3 Å². The molecule has 0 heterocycles. The average molecular weight is 450 g/mol. The molecular weight excluding hydrogens is 440 g/mol. The molecule has 1 aliphatic carbocycles. The van der Waals surface area contributed by atoms with E-state index in [0.29, 0.717) is 0 Å². The fraction of sp³-hybridized carbons (Fsp3) is 0.0476. The van der Waals surface area contributed by atoms with Gasteiger partial charge in [0, 0.05) is 22.3 Å². The Morgan fingerprint density at radius 2 is 1.29 bits per heavy atom. The molecule has 0 amide bonds. The molecule has 31 heavy (non-hydrogen) atoms. The second kappa shape index (κ2) is 7.02. The third kappa shape index (κ3) is 3.48. The van der Waals surface area contributed by atoms with Crippen molar-refractivity contribution in [3.05, 3.63) is 88.7 Å². The van der Waals surface area contributed by atoms with Crippen molar-refractivity contribution in [2.24, 2.45) is 0 Å². The van der Waals surface area contributed by atoms with Gasteiger partial charge in [0.2, 0.25) is 0 Å². The Morgan fingerprint density at radius 3 is 1.87 bits per heavy atom. The Bertz CT molecular complexity index is 1340. The number of rotatable bonds is 3. The number of hydrogen-bond acceptors (Lipinski definition) is 5. The number of carbonyl (C=O) groups excluding carboxylic acids is 2. The SMILES string of the molecule is O=C1c2ccccc2C(=O)c2c1cc(OS(=O)(=O)C(F)(F)F)cc2-c1ccc(F)cc1. The summed E-state index contributed by atoms with van der Waals surface area (Å²) in [6.07, 6.45) is 0. The van der Waals surface area contributed by atoms with Gasteiger partial charge in [-0.15, -0.1) is 0 Å². The van der Waals surface area contributed by atoms with Gasteiger partial charge in [-0.2, -0.15) is 21.6 Å². The third-order valence-corrected chi connectivity index (χ3v) is 5.62. The predicted octanol–water partition coefficient (Wildman–Crippen LogP) is 4.50. The lowest BCUT2D eigenvalue weighted by Crippen LogP contribution is -2.28. The summed E-state index contributed by atoms with van der Waals surface area (Å²) >= 11 is 0. The summed E-state index contributed by atoms with van der Waals surface area (Å²) in [4.78, 5) is 26.1. The maximum absolute atomic E-state index is 13.4. The summed E-state index contributed by atoms with van der Waals surface area (Å²) in [5, 5.41) is 0. The fourth-order valence-electron chi connectivity index (χ4n) is 3.28. The number of benzene rings is 3. The Morgan fingerprint density at radius 1 is 0.742 bits per heavy atom. The highest BCUT2D eigenvalue weighted by atomic mass is 32.2. The van der Waals surface area contributed by atoms with Crippen LogP contribution in [0.15, 0.2) is 60.7 Å².